The van der Waals surface area contributed by atoms with Gasteiger partial charge in [-0.3, -0.25) is 4.98 Å². The summed E-state index contributed by atoms with van der Waals surface area (Å²) in [6.07, 6.45) is 5.44. The van der Waals surface area contributed by atoms with Crippen molar-refractivity contribution in [3.63, 3.8) is 0 Å². The van der Waals surface area contributed by atoms with Crippen molar-refractivity contribution in [1.82, 2.24) is 9.97 Å². The molecule has 0 saturated carbocycles. The fourth-order valence-electron chi connectivity index (χ4n) is 1.51. The predicted molar refractivity (Wildman–Crippen MR) is 67.8 cm³/mol. The van der Waals surface area contributed by atoms with Crippen LogP contribution in [-0.4, -0.2) is 16.5 Å². The molecule has 2 rings (SSSR count). The van der Waals surface area contributed by atoms with Gasteiger partial charge in [-0.1, -0.05) is 13.3 Å². The van der Waals surface area contributed by atoms with E-state index in [1.54, 1.807) is 18.5 Å². The maximum atomic E-state index is 9.01. The van der Waals surface area contributed by atoms with Gasteiger partial charge in [0.15, 0.2) is 0 Å². The monoisotopic (exact) mass is 242 g/mol. The van der Waals surface area contributed by atoms with Gasteiger partial charge in [-0.15, -0.1) is 0 Å². The third-order valence-corrected chi connectivity index (χ3v) is 2.46. The number of aromatic nitrogens is 2. The SMILES string of the molecule is CCCCNc1oc(-c2cccnc2)nc1C#N. The third-order valence-electron chi connectivity index (χ3n) is 2.46. The van der Waals surface area contributed by atoms with Crippen molar-refractivity contribution in [2.75, 3.05) is 11.9 Å². The number of hydrogen-bond acceptors (Lipinski definition) is 5. The van der Waals surface area contributed by atoms with Gasteiger partial charge in [0.1, 0.15) is 6.07 Å². The average Bonchev–Trinajstić information content (AvgIpc) is 2.83. The first-order valence-corrected chi connectivity index (χ1v) is 5.90. The largest absolute Gasteiger partial charge is 0.419 e. The summed E-state index contributed by atoms with van der Waals surface area (Å²) in [4.78, 5) is 8.15. The first-order valence-electron chi connectivity index (χ1n) is 5.90. The van der Waals surface area contributed by atoms with Gasteiger partial charge in [-0.25, -0.2) is 0 Å². The summed E-state index contributed by atoms with van der Waals surface area (Å²) < 4.78 is 5.55. The smallest absolute Gasteiger partial charge is 0.232 e. The molecule has 0 atom stereocenters. The molecule has 5 nitrogen and oxygen atoms in total. The zero-order valence-electron chi connectivity index (χ0n) is 10.2. The quantitative estimate of drug-likeness (QED) is 0.816. The third kappa shape index (κ3) is 2.66. The van der Waals surface area contributed by atoms with Gasteiger partial charge < -0.3 is 9.73 Å². The molecule has 0 amide bonds. The maximum absolute atomic E-state index is 9.01. The molecule has 1 N–H and O–H groups in total. The van der Waals surface area contributed by atoms with Crippen LogP contribution in [0.2, 0.25) is 0 Å². The number of nitrogens with one attached hydrogen (secondary N) is 1. The number of anilines is 1. The lowest BCUT2D eigenvalue weighted by Gasteiger charge is -2.00. The molecule has 0 aliphatic heterocycles. The van der Waals surface area contributed by atoms with E-state index in [-0.39, 0.29) is 5.69 Å². The Morgan fingerprint density at radius 2 is 2.39 bits per heavy atom. The summed E-state index contributed by atoms with van der Waals surface area (Å²) in [5.41, 5.74) is 1.04. The van der Waals surface area contributed by atoms with Crippen molar-refractivity contribution < 1.29 is 4.42 Å². The van der Waals surface area contributed by atoms with Crippen molar-refractivity contribution in [2.24, 2.45) is 0 Å². The van der Waals surface area contributed by atoms with Crippen LogP contribution in [0.4, 0.5) is 5.88 Å². The summed E-state index contributed by atoms with van der Waals surface area (Å²) in [5.74, 6) is 0.850. The van der Waals surface area contributed by atoms with Crippen LogP contribution >= 0.6 is 0 Å². The Bertz CT molecular complexity index is 542. The summed E-state index contributed by atoms with van der Waals surface area (Å²) in [5, 5.41) is 12.1. The van der Waals surface area contributed by atoms with E-state index < -0.39 is 0 Å². The molecule has 2 aromatic rings. The van der Waals surface area contributed by atoms with Gasteiger partial charge in [-0.05, 0) is 18.6 Å². The minimum absolute atomic E-state index is 0.282. The minimum Gasteiger partial charge on any atom is -0.419 e. The fraction of sp³-hybridized carbons (Fsp3) is 0.308. The van der Waals surface area contributed by atoms with E-state index >= 15 is 0 Å². The molecular formula is C13H14N4O. The number of nitriles is 1. The van der Waals surface area contributed by atoms with Gasteiger partial charge in [0.2, 0.25) is 17.5 Å². The van der Waals surface area contributed by atoms with E-state index in [0.29, 0.717) is 11.8 Å². The standard InChI is InChI=1S/C13H14N4O/c1-2-3-7-16-13-11(8-14)17-12(18-13)10-5-4-6-15-9-10/h4-6,9,16H,2-3,7H2,1H3. The molecule has 0 saturated heterocycles. The molecule has 0 unspecified atom stereocenters. The van der Waals surface area contributed by atoms with Crippen molar-refractivity contribution in [2.45, 2.75) is 19.8 Å². The zero-order chi connectivity index (χ0) is 12.8. The van der Waals surface area contributed by atoms with Crippen LogP contribution in [0, 0.1) is 11.3 Å². The van der Waals surface area contributed by atoms with Crippen molar-refractivity contribution in [3.05, 3.63) is 30.2 Å². The van der Waals surface area contributed by atoms with Crippen molar-refractivity contribution in [1.29, 1.82) is 5.26 Å². The van der Waals surface area contributed by atoms with Crippen molar-refractivity contribution >= 4 is 5.88 Å². The van der Waals surface area contributed by atoms with Gasteiger partial charge >= 0.3 is 0 Å². The van der Waals surface area contributed by atoms with Gasteiger partial charge in [0, 0.05) is 18.9 Å². The van der Waals surface area contributed by atoms with Crippen LogP contribution in [0.3, 0.4) is 0 Å². The topological polar surface area (TPSA) is 74.7 Å². The van der Waals surface area contributed by atoms with E-state index in [4.69, 9.17) is 9.68 Å². The highest BCUT2D eigenvalue weighted by atomic mass is 16.4. The molecule has 18 heavy (non-hydrogen) atoms. The Balaban J connectivity index is 2.22. The average molecular weight is 242 g/mol. The van der Waals surface area contributed by atoms with Gasteiger partial charge in [-0.2, -0.15) is 10.2 Å². The molecule has 2 aromatic heterocycles. The van der Waals surface area contributed by atoms with Gasteiger partial charge in [0.05, 0.1) is 5.56 Å². The molecule has 0 radical (unpaired) electrons. The molecule has 92 valence electrons. The lowest BCUT2D eigenvalue weighted by Crippen LogP contribution is -2.00. The van der Waals surface area contributed by atoms with Crippen LogP contribution < -0.4 is 5.32 Å². The predicted octanol–water partition coefficient (Wildman–Crippen LogP) is 2.82. The number of pyridine rings is 1. The summed E-state index contributed by atoms with van der Waals surface area (Å²) >= 11 is 0. The Labute approximate surface area is 105 Å². The molecule has 0 aliphatic rings. The van der Waals surface area contributed by atoms with Gasteiger partial charge in [0.25, 0.3) is 0 Å². The molecule has 5 heteroatoms. The molecule has 0 spiro atoms. The molecule has 2 heterocycles. The van der Waals surface area contributed by atoms with Crippen LogP contribution in [0.1, 0.15) is 25.5 Å². The first kappa shape index (κ1) is 12.1. The lowest BCUT2D eigenvalue weighted by molar-refractivity contribution is 0.583. The summed E-state index contributed by atoms with van der Waals surface area (Å²) in [6.45, 7) is 2.88. The molecule has 0 aromatic carbocycles. The fourth-order valence-corrected chi connectivity index (χ4v) is 1.51. The highest BCUT2D eigenvalue weighted by molar-refractivity contribution is 5.57. The minimum atomic E-state index is 0.282. The summed E-state index contributed by atoms with van der Waals surface area (Å²) in [6, 6.07) is 5.67. The number of hydrogen-bond donors (Lipinski definition) is 1. The Kier molecular flexibility index (Phi) is 3.92. The van der Waals surface area contributed by atoms with E-state index in [9.17, 15) is 0 Å². The van der Waals surface area contributed by atoms with Crippen LogP contribution in [0.5, 0.6) is 0 Å². The Morgan fingerprint density at radius 1 is 1.50 bits per heavy atom. The highest BCUT2D eigenvalue weighted by Crippen LogP contribution is 2.24. The van der Waals surface area contributed by atoms with Crippen molar-refractivity contribution in [3.8, 4) is 17.5 Å². The second-order valence-corrected chi connectivity index (χ2v) is 3.83. The number of nitrogens with zero attached hydrogens (tertiary/aromatic N) is 3. The van der Waals surface area contributed by atoms with E-state index in [1.165, 1.54) is 0 Å². The second-order valence-electron chi connectivity index (χ2n) is 3.83. The molecule has 0 aliphatic carbocycles. The Hall–Kier alpha value is -2.35. The van der Waals surface area contributed by atoms with Crippen LogP contribution in [-0.2, 0) is 0 Å². The highest BCUT2D eigenvalue weighted by Gasteiger charge is 2.13. The number of oxazole rings is 1. The maximum Gasteiger partial charge on any atom is 0.232 e. The lowest BCUT2D eigenvalue weighted by atomic mass is 10.3. The number of rotatable bonds is 5. The Morgan fingerprint density at radius 3 is 3.06 bits per heavy atom. The molecule has 0 fully saturated rings. The molecule has 0 bridgehead atoms. The first-order chi connectivity index (χ1) is 8.85. The van der Waals surface area contributed by atoms with E-state index in [0.717, 1.165) is 24.9 Å². The van der Waals surface area contributed by atoms with Crippen LogP contribution in [0.25, 0.3) is 11.5 Å². The zero-order valence-corrected chi connectivity index (χ0v) is 10.2. The van der Waals surface area contributed by atoms with E-state index in [1.807, 2.05) is 12.1 Å². The van der Waals surface area contributed by atoms with E-state index in [2.05, 4.69) is 22.2 Å². The summed E-state index contributed by atoms with van der Waals surface area (Å²) in [7, 11) is 0. The molecular weight excluding hydrogens is 228 g/mol. The second kappa shape index (κ2) is 5.82. The van der Waals surface area contributed by atoms with Crippen LogP contribution in [0.15, 0.2) is 28.9 Å². The number of unbranched alkanes of at least 4 members (excludes halogenated alkanes) is 1. The normalized spacial score (nSPS) is 10.0.